The summed E-state index contributed by atoms with van der Waals surface area (Å²) in [5.41, 5.74) is 3.58. The standard InChI is InChI=1S/C20H13BrN2S/c21-18(11-15-7-3-1-4-8-15)17(13-22)12-20-23-19(14-24-20)16-9-5-2-6-10-16/h1-12,14H. The highest BCUT2D eigenvalue weighted by Crippen LogP contribution is 2.26. The van der Waals surface area contributed by atoms with Crippen molar-refractivity contribution in [3.63, 3.8) is 0 Å². The van der Waals surface area contributed by atoms with E-state index in [-0.39, 0.29) is 0 Å². The summed E-state index contributed by atoms with van der Waals surface area (Å²) in [5.74, 6) is 0. The molecule has 0 aliphatic carbocycles. The third-order valence-corrected chi connectivity index (χ3v) is 4.78. The van der Waals surface area contributed by atoms with E-state index in [1.165, 1.54) is 11.3 Å². The highest BCUT2D eigenvalue weighted by atomic mass is 79.9. The van der Waals surface area contributed by atoms with Crippen molar-refractivity contribution in [1.82, 2.24) is 4.98 Å². The molecule has 24 heavy (non-hydrogen) atoms. The molecule has 3 rings (SSSR count). The normalized spacial score (nSPS) is 12.0. The average Bonchev–Trinajstić information content (AvgIpc) is 3.10. The number of nitrogens with zero attached hydrogens (tertiary/aromatic N) is 2. The zero-order valence-corrected chi connectivity index (χ0v) is 15.1. The van der Waals surface area contributed by atoms with Crippen molar-refractivity contribution in [2.24, 2.45) is 0 Å². The van der Waals surface area contributed by atoms with Crippen LogP contribution in [0.15, 0.2) is 76.1 Å². The monoisotopic (exact) mass is 392 g/mol. The van der Waals surface area contributed by atoms with Crippen molar-refractivity contribution < 1.29 is 0 Å². The minimum Gasteiger partial charge on any atom is -0.237 e. The number of nitriles is 1. The molecule has 0 radical (unpaired) electrons. The Morgan fingerprint density at radius 2 is 1.67 bits per heavy atom. The van der Waals surface area contributed by atoms with Crippen LogP contribution < -0.4 is 0 Å². The molecule has 1 aromatic heterocycles. The van der Waals surface area contributed by atoms with E-state index >= 15 is 0 Å². The van der Waals surface area contributed by atoms with Crippen molar-refractivity contribution in [2.45, 2.75) is 0 Å². The maximum Gasteiger partial charge on any atom is 0.118 e. The van der Waals surface area contributed by atoms with Crippen LogP contribution in [0.2, 0.25) is 0 Å². The Kier molecular flexibility index (Phi) is 5.37. The van der Waals surface area contributed by atoms with Gasteiger partial charge in [-0.3, -0.25) is 0 Å². The Balaban J connectivity index is 1.88. The van der Waals surface area contributed by atoms with Gasteiger partial charge in [-0.15, -0.1) is 11.3 Å². The summed E-state index contributed by atoms with van der Waals surface area (Å²) in [5, 5.41) is 12.3. The van der Waals surface area contributed by atoms with Crippen LogP contribution in [0.4, 0.5) is 0 Å². The van der Waals surface area contributed by atoms with Gasteiger partial charge in [-0.2, -0.15) is 5.26 Å². The number of allylic oxidation sites excluding steroid dienone is 2. The largest absolute Gasteiger partial charge is 0.237 e. The van der Waals surface area contributed by atoms with Gasteiger partial charge in [-0.1, -0.05) is 60.7 Å². The van der Waals surface area contributed by atoms with Crippen LogP contribution in [0, 0.1) is 11.3 Å². The Bertz CT molecular complexity index is 919. The Labute approximate surface area is 153 Å². The zero-order valence-electron chi connectivity index (χ0n) is 12.7. The first-order valence-corrected chi connectivity index (χ1v) is 8.99. The van der Waals surface area contributed by atoms with E-state index < -0.39 is 0 Å². The number of thiazole rings is 1. The topological polar surface area (TPSA) is 36.7 Å². The fraction of sp³-hybridized carbons (Fsp3) is 0. The van der Waals surface area contributed by atoms with E-state index in [1.807, 2.05) is 72.1 Å². The fourth-order valence-corrected chi connectivity index (χ4v) is 3.37. The quantitative estimate of drug-likeness (QED) is 0.394. The number of halogens is 1. The van der Waals surface area contributed by atoms with Crippen LogP contribution in [-0.4, -0.2) is 4.98 Å². The lowest BCUT2D eigenvalue weighted by Gasteiger charge is -1.98. The van der Waals surface area contributed by atoms with Crippen molar-refractivity contribution >= 4 is 39.4 Å². The van der Waals surface area contributed by atoms with Crippen LogP contribution in [-0.2, 0) is 0 Å². The second-order valence-corrected chi connectivity index (χ2v) is 6.75. The lowest BCUT2D eigenvalue weighted by atomic mass is 10.1. The van der Waals surface area contributed by atoms with Crippen molar-refractivity contribution in [1.29, 1.82) is 5.26 Å². The van der Waals surface area contributed by atoms with Gasteiger partial charge in [0.15, 0.2) is 0 Å². The molecule has 0 aliphatic rings. The molecular weight excluding hydrogens is 380 g/mol. The molecule has 0 N–H and O–H groups in total. The number of benzene rings is 2. The van der Waals surface area contributed by atoms with Crippen LogP contribution in [0.1, 0.15) is 10.6 Å². The zero-order chi connectivity index (χ0) is 16.8. The first kappa shape index (κ1) is 16.4. The molecule has 0 bridgehead atoms. The molecule has 0 saturated carbocycles. The predicted molar refractivity (Wildman–Crippen MR) is 104 cm³/mol. The molecule has 2 nitrogen and oxygen atoms in total. The van der Waals surface area contributed by atoms with Crippen molar-refractivity contribution in [3.8, 4) is 17.3 Å². The average molecular weight is 393 g/mol. The molecule has 0 aliphatic heterocycles. The van der Waals surface area contributed by atoms with Gasteiger partial charge in [0, 0.05) is 15.4 Å². The van der Waals surface area contributed by atoms with Crippen molar-refractivity contribution in [3.05, 3.63) is 86.7 Å². The van der Waals surface area contributed by atoms with Gasteiger partial charge in [-0.05, 0) is 33.6 Å². The molecule has 1 heterocycles. The lowest BCUT2D eigenvalue weighted by molar-refractivity contribution is 1.38. The summed E-state index contributed by atoms with van der Waals surface area (Å²) >= 11 is 5.02. The molecule has 116 valence electrons. The number of hydrogen-bond donors (Lipinski definition) is 0. The van der Waals surface area contributed by atoms with E-state index in [4.69, 9.17) is 0 Å². The van der Waals surface area contributed by atoms with Crippen LogP contribution >= 0.6 is 27.3 Å². The Morgan fingerprint density at radius 3 is 2.33 bits per heavy atom. The molecule has 0 fully saturated rings. The molecule has 0 saturated heterocycles. The van der Waals surface area contributed by atoms with Crippen LogP contribution in [0.3, 0.4) is 0 Å². The van der Waals surface area contributed by atoms with Crippen molar-refractivity contribution in [2.75, 3.05) is 0 Å². The van der Waals surface area contributed by atoms with E-state index in [0.29, 0.717) is 5.57 Å². The van der Waals surface area contributed by atoms with E-state index in [2.05, 4.69) is 27.0 Å². The van der Waals surface area contributed by atoms with Gasteiger partial charge >= 0.3 is 0 Å². The van der Waals surface area contributed by atoms with Gasteiger partial charge in [0.05, 0.1) is 11.3 Å². The van der Waals surface area contributed by atoms with Gasteiger partial charge in [0.1, 0.15) is 11.1 Å². The van der Waals surface area contributed by atoms with Gasteiger partial charge < -0.3 is 0 Å². The smallest absolute Gasteiger partial charge is 0.118 e. The second-order valence-electron chi connectivity index (χ2n) is 5.01. The molecular formula is C20H13BrN2S. The predicted octanol–water partition coefficient (Wildman–Crippen LogP) is 6.15. The first-order chi connectivity index (χ1) is 11.8. The number of rotatable bonds is 4. The minimum atomic E-state index is 0.549. The highest BCUT2D eigenvalue weighted by molar-refractivity contribution is 9.12. The van der Waals surface area contributed by atoms with Gasteiger partial charge in [0.25, 0.3) is 0 Å². The minimum absolute atomic E-state index is 0.549. The van der Waals surface area contributed by atoms with Gasteiger partial charge in [-0.25, -0.2) is 4.98 Å². The molecule has 0 unspecified atom stereocenters. The molecule has 0 spiro atoms. The summed E-state index contributed by atoms with van der Waals surface area (Å²) in [6.45, 7) is 0. The maximum absolute atomic E-state index is 9.45. The summed E-state index contributed by atoms with van der Waals surface area (Å²) in [6.07, 6.45) is 3.74. The van der Waals surface area contributed by atoms with E-state index in [0.717, 1.165) is 26.3 Å². The summed E-state index contributed by atoms with van der Waals surface area (Å²) < 4.78 is 0.743. The second kappa shape index (κ2) is 7.87. The maximum atomic E-state index is 9.45. The van der Waals surface area contributed by atoms with Crippen LogP contribution in [0.25, 0.3) is 23.4 Å². The number of aromatic nitrogens is 1. The molecule has 4 heteroatoms. The summed E-state index contributed by atoms with van der Waals surface area (Å²) in [4.78, 5) is 4.60. The molecule has 0 amide bonds. The lowest BCUT2D eigenvalue weighted by Crippen LogP contribution is -1.82. The third kappa shape index (κ3) is 4.08. The van der Waals surface area contributed by atoms with E-state index in [1.54, 1.807) is 6.08 Å². The Morgan fingerprint density at radius 1 is 1.00 bits per heavy atom. The highest BCUT2D eigenvalue weighted by Gasteiger charge is 2.06. The first-order valence-electron chi connectivity index (χ1n) is 7.31. The van der Waals surface area contributed by atoms with Crippen LogP contribution in [0.5, 0.6) is 0 Å². The number of hydrogen-bond acceptors (Lipinski definition) is 3. The van der Waals surface area contributed by atoms with E-state index in [9.17, 15) is 5.26 Å². The molecule has 0 atom stereocenters. The summed E-state index contributed by atoms with van der Waals surface area (Å²) in [6, 6.07) is 22.1. The Hall–Kier alpha value is -2.48. The summed E-state index contributed by atoms with van der Waals surface area (Å²) in [7, 11) is 0. The fourth-order valence-electron chi connectivity index (χ4n) is 2.15. The third-order valence-electron chi connectivity index (χ3n) is 3.33. The SMILES string of the molecule is N#CC(=Cc1nc(-c2ccccc2)cs1)C(Br)=Cc1ccccc1. The van der Waals surface area contributed by atoms with Gasteiger partial charge in [0.2, 0.25) is 0 Å². The molecule has 3 aromatic rings. The molecule has 2 aromatic carbocycles.